The number of hydrogen-bond acceptors (Lipinski definition) is 2. The first-order valence-electron chi connectivity index (χ1n) is 7.50. The first-order valence-corrected chi connectivity index (χ1v) is 7.50. The molecule has 1 amide bonds. The van der Waals surface area contributed by atoms with E-state index in [-0.39, 0.29) is 17.8 Å². The minimum Gasteiger partial charge on any atom is -0.350 e. The van der Waals surface area contributed by atoms with Gasteiger partial charge in [-0.25, -0.2) is 4.39 Å². The smallest absolute Gasteiger partial charge is 0.251 e. The minimum atomic E-state index is -0.292. The number of fused-ring (bicyclic) bond motifs is 1. The largest absolute Gasteiger partial charge is 0.350 e. The van der Waals surface area contributed by atoms with E-state index in [0.29, 0.717) is 17.7 Å². The van der Waals surface area contributed by atoms with Crippen LogP contribution in [-0.2, 0) is 6.42 Å². The van der Waals surface area contributed by atoms with Crippen LogP contribution in [0.25, 0.3) is 0 Å². The fourth-order valence-electron chi connectivity index (χ4n) is 2.86. The quantitative estimate of drug-likeness (QED) is 0.915. The van der Waals surface area contributed by atoms with E-state index in [1.807, 2.05) is 12.1 Å². The van der Waals surface area contributed by atoms with Crippen LogP contribution in [-0.4, -0.2) is 19.0 Å². The van der Waals surface area contributed by atoms with Crippen molar-refractivity contribution in [2.24, 2.45) is 0 Å². The third-order valence-electron chi connectivity index (χ3n) is 4.10. The summed E-state index contributed by atoms with van der Waals surface area (Å²) in [4.78, 5) is 12.2. The maximum atomic E-state index is 13.3. The monoisotopic (exact) mass is 298 g/mol. The van der Waals surface area contributed by atoms with Crippen molar-refractivity contribution in [3.05, 3.63) is 70.5 Å². The average molecular weight is 298 g/mol. The number of benzene rings is 2. The first-order chi connectivity index (χ1) is 10.6. The molecule has 0 aliphatic carbocycles. The second kappa shape index (κ2) is 6.28. The highest BCUT2D eigenvalue weighted by atomic mass is 19.1. The molecule has 1 heterocycles. The molecule has 2 aromatic carbocycles. The number of carbonyl (C=O) groups excluding carboxylic acids is 1. The molecule has 1 aliphatic heterocycles. The summed E-state index contributed by atoms with van der Waals surface area (Å²) in [7, 11) is 0. The Hall–Kier alpha value is -2.20. The highest BCUT2D eigenvalue weighted by molar-refractivity contribution is 5.94. The van der Waals surface area contributed by atoms with Gasteiger partial charge in [0.15, 0.2) is 0 Å². The molecule has 0 spiro atoms. The van der Waals surface area contributed by atoms with Gasteiger partial charge in [0.1, 0.15) is 5.82 Å². The molecule has 2 aromatic rings. The Bertz CT molecular complexity index is 699. The topological polar surface area (TPSA) is 41.1 Å². The molecule has 0 radical (unpaired) electrons. The van der Waals surface area contributed by atoms with Crippen LogP contribution in [0.4, 0.5) is 4.39 Å². The van der Waals surface area contributed by atoms with E-state index in [1.165, 1.54) is 23.3 Å². The second-order valence-electron chi connectivity index (χ2n) is 5.63. The molecule has 2 N–H and O–H groups in total. The van der Waals surface area contributed by atoms with E-state index in [0.717, 1.165) is 13.0 Å². The molecule has 1 unspecified atom stereocenters. The molecule has 0 fully saturated rings. The Balaban J connectivity index is 1.68. The van der Waals surface area contributed by atoms with Crippen LogP contribution in [0.3, 0.4) is 0 Å². The summed E-state index contributed by atoms with van der Waals surface area (Å²) in [5.74, 6) is -0.465. The lowest BCUT2D eigenvalue weighted by atomic mass is 9.94. The fourth-order valence-corrected chi connectivity index (χ4v) is 2.86. The van der Waals surface area contributed by atoms with E-state index in [2.05, 4.69) is 22.8 Å². The van der Waals surface area contributed by atoms with Gasteiger partial charge in [0, 0.05) is 18.2 Å². The summed E-state index contributed by atoms with van der Waals surface area (Å²) in [6.07, 6.45) is 1.01. The number of carbonyl (C=O) groups is 1. The van der Waals surface area contributed by atoms with Crippen LogP contribution in [0.5, 0.6) is 0 Å². The highest BCUT2D eigenvalue weighted by Gasteiger charge is 2.19. The normalized spacial score (nSPS) is 16.9. The predicted molar refractivity (Wildman–Crippen MR) is 84.4 cm³/mol. The molecule has 0 aromatic heterocycles. The van der Waals surface area contributed by atoms with Crippen molar-refractivity contribution >= 4 is 5.91 Å². The van der Waals surface area contributed by atoms with Gasteiger partial charge >= 0.3 is 0 Å². The van der Waals surface area contributed by atoms with E-state index >= 15 is 0 Å². The first kappa shape index (κ1) is 14.7. The van der Waals surface area contributed by atoms with Gasteiger partial charge in [-0.1, -0.05) is 24.3 Å². The van der Waals surface area contributed by atoms with E-state index in [1.54, 1.807) is 13.0 Å². The molecule has 3 rings (SSSR count). The zero-order valence-corrected chi connectivity index (χ0v) is 12.5. The Morgan fingerprint density at radius 3 is 2.95 bits per heavy atom. The standard InChI is InChI=1S/C18H19FN2O/c1-12-10-14(6-7-16(12)19)18(22)21-11-17-15-5-3-2-4-13(15)8-9-20-17/h2-7,10,17,20H,8-9,11H2,1H3,(H,21,22). The predicted octanol–water partition coefficient (Wildman–Crippen LogP) is 2.75. The van der Waals surface area contributed by atoms with Crippen molar-refractivity contribution < 1.29 is 9.18 Å². The van der Waals surface area contributed by atoms with Gasteiger partial charge in [-0.3, -0.25) is 4.79 Å². The van der Waals surface area contributed by atoms with Crippen molar-refractivity contribution in [1.82, 2.24) is 10.6 Å². The molecule has 22 heavy (non-hydrogen) atoms. The molecule has 0 saturated carbocycles. The number of nitrogens with one attached hydrogen (secondary N) is 2. The number of aryl methyl sites for hydroxylation is 1. The van der Waals surface area contributed by atoms with Gasteiger partial charge in [-0.2, -0.15) is 0 Å². The summed E-state index contributed by atoms with van der Waals surface area (Å²) in [5.41, 5.74) is 3.54. The SMILES string of the molecule is Cc1cc(C(=O)NCC2NCCc3ccccc32)ccc1F. The summed E-state index contributed by atoms with van der Waals surface area (Å²) in [6, 6.07) is 12.8. The molecule has 114 valence electrons. The van der Waals surface area contributed by atoms with Crippen LogP contribution in [0.15, 0.2) is 42.5 Å². The van der Waals surface area contributed by atoms with Crippen molar-refractivity contribution in [2.75, 3.05) is 13.1 Å². The van der Waals surface area contributed by atoms with E-state index < -0.39 is 0 Å². The van der Waals surface area contributed by atoms with Crippen LogP contribution in [0.1, 0.15) is 33.1 Å². The number of amides is 1. The third-order valence-corrected chi connectivity index (χ3v) is 4.10. The van der Waals surface area contributed by atoms with E-state index in [4.69, 9.17) is 0 Å². The molecule has 4 heteroatoms. The Morgan fingerprint density at radius 1 is 1.32 bits per heavy atom. The average Bonchev–Trinajstić information content (AvgIpc) is 2.55. The molecular weight excluding hydrogens is 279 g/mol. The Labute approximate surface area is 129 Å². The van der Waals surface area contributed by atoms with Gasteiger partial charge in [0.2, 0.25) is 0 Å². The molecule has 3 nitrogen and oxygen atoms in total. The summed E-state index contributed by atoms with van der Waals surface area (Å²) in [6.45, 7) is 3.09. The molecular formula is C18H19FN2O. The van der Waals surface area contributed by atoms with Crippen molar-refractivity contribution in [3.63, 3.8) is 0 Å². The molecule has 0 saturated heterocycles. The zero-order valence-electron chi connectivity index (χ0n) is 12.5. The van der Waals surface area contributed by atoms with Gasteiger partial charge < -0.3 is 10.6 Å². The highest BCUT2D eigenvalue weighted by Crippen LogP contribution is 2.22. The van der Waals surface area contributed by atoms with Crippen molar-refractivity contribution in [1.29, 1.82) is 0 Å². The second-order valence-corrected chi connectivity index (χ2v) is 5.63. The van der Waals surface area contributed by atoms with Crippen LogP contribution in [0, 0.1) is 12.7 Å². The Morgan fingerprint density at radius 2 is 2.14 bits per heavy atom. The van der Waals surface area contributed by atoms with Gasteiger partial charge in [-0.15, -0.1) is 0 Å². The lowest BCUT2D eigenvalue weighted by Gasteiger charge is -2.27. The van der Waals surface area contributed by atoms with Crippen LogP contribution in [0.2, 0.25) is 0 Å². The fraction of sp³-hybridized carbons (Fsp3) is 0.278. The summed E-state index contributed by atoms with van der Waals surface area (Å²) in [5, 5.41) is 6.36. The lowest BCUT2D eigenvalue weighted by Crippen LogP contribution is -2.38. The van der Waals surface area contributed by atoms with Gasteiger partial charge in [-0.05, 0) is 54.8 Å². The van der Waals surface area contributed by atoms with Gasteiger partial charge in [0.25, 0.3) is 5.91 Å². The minimum absolute atomic E-state index is 0.121. The zero-order chi connectivity index (χ0) is 15.5. The molecule has 1 aliphatic rings. The van der Waals surface area contributed by atoms with Crippen LogP contribution >= 0.6 is 0 Å². The third kappa shape index (κ3) is 3.02. The summed E-state index contributed by atoms with van der Waals surface area (Å²) >= 11 is 0. The number of halogens is 1. The van der Waals surface area contributed by atoms with Crippen molar-refractivity contribution in [3.8, 4) is 0 Å². The Kier molecular flexibility index (Phi) is 4.20. The maximum Gasteiger partial charge on any atom is 0.251 e. The molecule has 0 bridgehead atoms. The maximum absolute atomic E-state index is 13.3. The number of rotatable bonds is 3. The number of hydrogen-bond donors (Lipinski definition) is 2. The van der Waals surface area contributed by atoms with Gasteiger partial charge in [0.05, 0.1) is 0 Å². The van der Waals surface area contributed by atoms with Crippen LogP contribution < -0.4 is 10.6 Å². The molecule has 1 atom stereocenters. The van der Waals surface area contributed by atoms with E-state index in [9.17, 15) is 9.18 Å². The lowest BCUT2D eigenvalue weighted by molar-refractivity contribution is 0.0949. The van der Waals surface area contributed by atoms with Crippen molar-refractivity contribution in [2.45, 2.75) is 19.4 Å². The summed E-state index contributed by atoms with van der Waals surface area (Å²) < 4.78 is 13.3.